The van der Waals surface area contributed by atoms with E-state index in [1.54, 1.807) is 18.2 Å². The highest BCUT2D eigenvalue weighted by Gasteiger charge is 2.56. The fraction of sp³-hybridized carbons (Fsp3) is 0.588. The van der Waals surface area contributed by atoms with E-state index in [1.165, 1.54) is 0 Å². The minimum atomic E-state index is -4.44. The van der Waals surface area contributed by atoms with Gasteiger partial charge in [-0.25, -0.2) is 4.79 Å². The molecule has 2 amide bonds. The number of fused-ring (bicyclic) bond motifs is 1. The van der Waals surface area contributed by atoms with E-state index in [0.717, 1.165) is 36.1 Å². The minimum absolute atomic E-state index is 0.0506. The molecule has 0 radical (unpaired) electrons. The summed E-state index contributed by atoms with van der Waals surface area (Å²) in [4.78, 5) is 13.5. The van der Waals surface area contributed by atoms with Gasteiger partial charge in [-0.15, -0.1) is 0 Å². The Morgan fingerprint density at radius 1 is 1.38 bits per heavy atom. The number of hydrogen-bond acceptors (Lipinski definition) is 1. The van der Waals surface area contributed by atoms with Gasteiger partial charge in [0.15, 0.2) is 0 Å². The first-order valence-corrected chi connectivity index (χ1v) is 8.61. The van der Waals surface area contributed by atoms with Gasteiger partial charge < -0.3 is 10.2 Å². The van der Waals surface area contributed by atoms with Crippen molar-refractivity contribution in [3.8, 4) is 0 Å². The maximum absolute atomic E-state index is 13.2. The van der Waals surface area contributed by atoms with Crippen molar-refractivity contribution in [2.75, 3.05) is 11.9 Å². The number of rotatable bonds is 5. The van der Waals surface area contributed by atoms with Crippen molar-refractivity contribution in [1.82, 2.24) is 4.90 Å². The molecule has 3 rings (SSSR count). The number of amides is 2. The fourth-order valence-electron chi connectivity index (χ4n) is 3.81. The standard InChI is InChI=1S/C17H20ClF3N2O/c1-2-3-8-16(11-4-5-11)13-9-12(18)6-7-14(13)22-15(24)23(16)10-17(19,20)21/h6-7,9,11H,2-5,8,10H2,1H3,(H,22,24). The third-order valence-electron chi connectivity index (χ3n) is 4.92. The van der Waals surface area contributed by atoms with Gasteiger partial charge in [-0.1, -0.05) is 31.4 Å². The van der Waals surface area contributed by atoms with Crippen LogP contribution in [-0.2, 0) is 5.54 Å². The number of halogens is 4. The van der Waals surface area contributed by atoms with Gasteiger partial charge in [0.1, 0.15) is 6.54 Å². The molecule has 0 bridgehead atoms. The molecular weight excluding hydrogens is 341 g/mol. The fourth-order valence-corrected chi connectivity index (χ4v) is 3.98. The zero-order chi connectivity index (χ0) is 17.5. The molecule has 2 aliphatic rings. The number of unbranched alkanes of at least 4 members (excludes halogenated alkanes) is 1. The lowest BCUT2D eigenvalue weighted by molar-refractivity contribution is -0.153. The van der Waals surface area contributed by atoms with E-state index < -0.39 is 24.3 Å². The molecule has 132 valence electrons. The van der Waals surface area contributed by atoms with Gasteiger partial charge in [-0.05, 0) is 43.4 Å². The largest absolute Gasteiger partial charge is 0.406 e. The molecule has 1 aliphatic heterocycles. The molecule has 1 saturated carbocycles. The first-order chi connectivity index (χ1) is 11.3. The number of alkyl halides is 3. The van der Waals surface area contributed by atoms with Crippen LogP contribution in [0.25, 0.3) is 0 Å². The van der Waals surface area contributed by atoms with Crippen LogP contribution in [0.15, 0.2) is 18.2 Å². The summed E-state index contributed by atoms with van der Waals surface area (Å²) in [5.74, 6) is 0.0506. The Bertz CT molecular complexity index is 645. The van der Waals surface area contributed by atoms with Gasteiger partial charge in [0.05, 0.1) is 5.54 Å². The molecule has 3 nitrogen and oxygen atoms in total. The Kier molecular flexibility index (Phi) is 4.45. The van der Waals surface area contributed by atoms with E-state index in [9.17, 15) is 18.0 Å². The Hall–Kier alpha value is -1.43. The van der Waals surface area contributed by atoms with E-state index in [-0.39, 0.29) is 5.92 Å². The quantitative estimate of drug-likeness (QED) is 0.734. The Labute approximate surface area is 144 Å². The summed E-state index contributed by atoms with van der Waals surface area (Å²) in [6.07, 6.45) is -0.657. The number of hydrogen-bond donors (Lipinski definition) is 1. The van der Waals surface area contributed by atoms with Crippen LogP contribution in [0.2, 0.25) is 5.02 Å². The summed E-state index contributed by atoms with van der Waals surface area (Å²) >= 11 is 6.13. The van der Waals surface area contributed by atoms with E-state index in [2.05, 4.69) is 5.32 Å². The van der Waals surface area contributed by atoms with Crippen LogP contribution < -0.4 is 5.32 Å². The molecule has 7 heteroatoms. The van der Waals surface area contributed by atoms with E-state index in [0.29, 0.717) is 17.1 Å². The van der Waals surface area contributed by atoms with Gasteiger partial charge in [-0.3, -0.25) is 0 Å². The number of nitrogens with zero attached hydrogens (tertiary/aromatic N) is 1. The molecular formula is C17H20ClF3N2O. The van der Waals surface area contributed by atoms with Crippen LogP contribution >= 0.6 is 11.6 Å². The van der Waals surface area contributed by atoms with Crippen molar-refractivity contribution in [2.45, 2.75) is 50.7 Å². The number of urea groups is 1. The lowest BCUT2D eigenvalue weighted by Gasteiger charge is -2.49. The summed E-state index contributed by atoms with van der Waals surface area (Å²) in [6, 6.07) is 4.37. The molecule has 0 saturated heterocycles. The number of carbonyl (C=O) groups excluding carboxylic acids is 1. The second kappa shape index (κ2) is 6.14. The average molecular weight is 361 g/mol. The second-order valence-corrected chi connectivity index (χ2v) is 7.06. The monoisotopic (exact) mass is 360 g/mol. The van der Waals surface area contributed by atoms with Crippen molar-refractivity contribution in [3.05, 3.63) is 28.8 Å². The normalized spacial score (nSPS) is 23.9. The van der Waals surface area contributed by atoms with Crippen LogP contribution in [0.5, 0.6) is 0 Å². The zero-order valence-electron chi connectivity index (χ0n) is 13.4. The van der Waals surface area contributed by atoms with Gasteiger partial charge in [0.2, 0.25) is 0 Å². The van der Waals surface area contributed by atoms with Gasteiger partial charge in [-0.2, -0.15) is 13.2 Å². The number of anilines is 1. The van der Waals surface area contributed by atoms with Crippen molar-refractivity contribution >= 4 is 23.3 Å². The molecule has 0 aromatic heterocycles. The molecule has 1 aliphatic carbocycles. The van der Waals surface area contributed by atoms with Gasteiger partial charge in [0, 0.05) is 16.3 Å². The smallest absolute Gasteiger partial charge is 0.307 e. The predicted octanol–water partition coefficient (Wildman–Crippen LogP) is 5.55. The van der Waals surface area contributed by atoms with E-state index in [4.69, 9.17) is 11.6 Å². The average Bonchev–Trinajstić information content (AvgIpc) is 3.32. The third-order valence-corrected chi connectivity index (χ3v) is 5.15. The SMILES string of the molecule is CCCCC1(C2CC2)c2cc(Cl)ccc2NC(=O)N1CC(F)(F)F. The van der Waals surface area contributed by atoms with Crippen LogP contribution in [0.4, 0.5) is 23.7 Å². The first kappa shape index (κ1) is 17.4. The van der Waals surface area contributed by atoms with Gasteiger partial charge in [0.25, 0.3) is 0 Å². The Balaban J connectivity index is 2.15. The molecule has 1 aromatic carbocycles. The lowest BCUT2D eigenvalue weighted by Crippen LogP contribution is -2.58. The number of benzene rings is 1. The van der Waals surface area contributed by atoms with E-state index >= 15 is 0 Å². The topological polar surface area (TPSA) is 32.3 Å². The lowest BCUT2D eigenvalue weighted by atomic mass is 9.77. The third kappa shape index (κ3) is 3.08. The summed E-state index contributed by atoms with van der Waals surface area (Å²) in [7, 11) is 0. The second-order valence-electron chi connectivity index (χ2n) is 6.62. The van der Waals surface area contributed by atoms with E-state index in [1.807, 2.05) is 6.92 Å². The molecule has 0 spiro atoms. The molecule has 1 unspecified atom stereocenters. The van der Waals surface area contributed by atoms with Crippen LogP contribution in [0, 0.1) is 5.92 Å². The summed E-state index contributed by atoms with van der Waals surface area (Å²) < 4.78 is 39.5. The Morgan fingerprint density at radius 3 is 2.67 bits per heavy atom. The Morgan fingerprint density at radius 2 is 2.08 bits per heavy atom. The number of carbonyl (C=O) groups is 1. The molecule has 1 aromatic rings. The number of nitrogens with one attached hydrogen (secondary N) is 1. The summed E-state index contributed by atoms with van der Waals surface area (Å²) in [5.41, 5.74) is 0.370. The van der Waals surface area contributed by atoms with Gasteiger partial charge >= 0.3 is 12.2 Å². The molecule has 1 heterocycles. The van der Waals surface area contributed by atoms with Crippen molar-refractivity contribution in [2.24, 2.45) is 5.92 Å². The van der Waals surface area contributed by atoms with Crippen LogP contribution in [0.3, 0.4) is 0 Å². The minimum Gasteiger partial charge on any atom is -0.307 e. The van der Waals surface area contributed by atoms with Crippen LogP contribution in [0.1, 0.15) is 44.6 Å². The van der Waals surface area contributed by atoms with Crippen molar-refractivity contribution < 1.29 is 18.0 Å². The predicted molar refractivity (Wildman–Crippen MR) is 87.2 cm³/mol. The molecule has 24 heavy (non-hydrogen) atoms. The van der Waals surface area contributed by atoms with Crippen LogP contribution in [-0.4, -0.2) is 23.7 Å². The van der Waals surface area contributed by atoms with Crippen molar-refractivity contribution in [3.63, 3.8) is 0 Å². The maximum Gasteiger partial charge on any atom is 0.406 e. The van der Waals surface area contributed by atoms with Crippen molar-refractivity contribution in [1.29, 1.82) is 0 Å². The first-order valence-electron chi connectivity index (χ1n) is 8.23. The zero-order valence-corrected chi connectivity index (χ0v) is 14.2. The highest BCUT2D eigenvalue weighted by molar-refractivity contribution is 6.30. The molecule has 1 N–H and O–H groups in total. The summed E-state index contributed by atoms with van der Waals surface area (Å²) in [6.45, 7) is 0.751. The summed E-state index contributed by atoms with van der Waals surface area (Å²) in [5, 5.41) is 3.07. The maximum atomic E-state index is 13.2. The molecule has 1 atom stereocenters. The highest BCUT2D eigenvalue weighted by atomic mass is 35.5. The molecule has 1 fully saturated rings. The highest BCUT2D eigenvalue weighted by Crippen LogP contribution is 2.56.